The highest BCUT2D eigenvalue weighted by molar-refractivity contribution is 6.31. The molecule has 26 heavy (non-hydrogen) atoms. The highest BCUT2D eigenvalue weighted by atomic mass is 35.5. The molecule has 2 aromatic carbocycles. The van der Waals surface area contributed by atoms with Crippen LogP contribution in [0, 0.1) is 5.41 Å². The van der Waals surface area contributed by atoms with Crippen LogP contribution in [0.2, 0.25) is 5.02 Å². The van der Waals surface area contributed by atoms with Crippen molar-refractivity contribution in [1.29, 1.82) is 0 Å². The zero-order valence-corrected chi connectivity index (χ0v) is 18.0. The van der Waals surface area contributed by atoms with Gasteiger partial charge in [0.15, 0.2) is 0 Å². The molecule has 0 amide bonds. The highest BCUT2D eigenvalue weighted by Gasteiger charge is 2.25. The Kier molecular flexibility index (Phi) is 8.46. The van der Waals surface area contributed by atoms with Gasteiger partial charge in [0.1, 0.15) is 12.4 Å². The van der Waals surface area contributed by atoms with E-state index in [1.54, 1.807) is 0 Å². The number of halogens is 2. The first-order chi connectivity index (χ1) is 11.7. The monoisotopic (exact) mass is 395 g/mol. The van der Waals surface area contributed by atoms with E-state index < -0.39 is 0 Å². The van der Waals surface area contributed by atoms with Crippen LogP contribution in [0.1, 0.15) is 52.2 Å². The molecule has 0 bridgehead atoms. The van der Waals surface area contributed by atoms with Gasteiger partial charge in [-0.2, -0.15) is 0 Å². The molecule has 2 aromatic rings. The average molecular weight is 396 g/mol. The van der Waals surface area contributed by atoms with E-state index in [4.69, 9.17) is 16.3 Å². The van der Waals surface area contributed by atoms with Crippen LogP contribution in [0.5, 0.6) is 5.75 Å². The molecule has 0 heterocycles. The number of nitrogens with one attached hydrogen (secondary N) is 1. The van der Waals surface area contributed by atoms with E-state index in [1.165, 1.54) is 0 Å². The number of hydrogen-bond donors (Lipinski definition) is 1. The summed E-state index contributed by atoms with van der Waals surface area (Å²) in [6, 6.07) is 16.0. The lowest BCUT2D eigenvalue weighted by Gasteiger charge is -2.33. The Morgan fingerprint density at radius 3 is 2.08 bits per heavy atom. The molecule has 0 saturated carbocycles. The van der Waals surface area contributed by atoms with Crippen molar-refractivity contribution in [3.8, 4) is 5.75 Å². The molecule has 2 nitrogen and oxygen atoms in total. The van der Waals surface area contributed by atoms with E-state index in [1.807, 2.05) is 36.4 Å². The minimum Gasteiger partial charge on any atom is -0.489 e. The Balaban J connectivity index is 0.00000338. The number of ether oxygens (including phenoxy) is 1. The van der Waals surface area contributed by atoms with Crippen LogP contribution < -0.4 is 10.1 Å². The van der Waals surface area contributed by atoms with Crippen LogP contribution in [-0.4, -0.2) is 5.54 Å². The van der Waals surface area contributed by atoms with E-state index in [2.05, 4.69) is 52.1 Å². The van der Waals surface area contributed by atoms with Gasteiger partial charge < -0.3 is 10.1 Å². The van der Waals surface area contributed by atoms with E-state index >= 15 is 0 Å². The number of hydrogen-bond acceptors (Lipinski definition) is 2. The molecule has 0 aromatic heterocycles. The van der Waals surface area contributed by atoms with Gasteiger partial charge in [0.25, 0.3) is 0 Å². The Morgan fingerprint density at radius 2 is 1.46 bits per heavy atom. The lowest BCUT2D eigenvalue weighted by molar-refractivity contribution is 0.238. The van der Waals surface area contributed by atoms with Gasteiger partial charge in [-0.1, -0.05) is 68.8 Å². The summed E-state index contributed by atoms with van der Waals surface area (Å²) in [6.45, 7) is 12.6. The standard InChI is InChI=1S/C22H30ClNO.ClH/c1-21(2,3)16-22(4,5)24-14-17-10-7-9-13-20(17)25-15-18-11-6-8-12-19(18)23;/h6-13,24H,14-16H2,1-5H3;1H. The lowest BCUT2D eigenvalue weighted by Crippen LogP contribution is -2.41. The van der Waals surface area contributed by atoms with Crippen molar-refractivity contribution in [3.05, 3.63) is 64.7 Å². The topological polar surface area (TPSA) is 21.3 Å². The molecule has 0 aliphatic carbocycles. The third kappa shape index (κ3) is 7.57. The van der Waals surface area contributed by atoms with Crippen molar-refractivity contribution >= 4 is 24.0 Å². The second-order valence-electron chi connectivity index (χ2n) is 8.46. The van der Waals surface area contributed by atoms with Crippen LogP contribution in [0.15, 0.2) is 48.5 Å². The van der Waals surface area contributed by atoms with Crippen molar-refractivity contribution in [2.24, 2.45) is 5.41 Å². The van der Waals surface area contributed by atoms with Crippen molar-refractivity contribution in [2.75, 3.05) is 0 Å². The molecule has 144 valence electrons. The van der Waals surface area contributed by atoms with Crippen molar-refractivity contribution in [1.82, 2.24) is 5.32 Å². The lowest BCUT2D eigenvalue weighted by atomic mass is 9.82. The SMILES string of the molecule is CC(C)(C)CC(C)(C)NCc1ccccc1OCc1ccccc1Cl.Cl. The van der Waals surface area contributed by atoms with Gasteiger partial charge in [-0.25, -0.2) is 0 Å². The second-order valence-corrected chi connectivity index (χ2v) is 8.87. The van der Waals surface area contributed by atoms with Crippen molar-refractivity contribution < 1.29 is 4.74 Å². The zero-order chi connectivity index (χ0) is 18.5. The van der Waals surface area contributed by atoms with Gasteiger partial charge in [-0.05, 0) is 37.8 Å². The minimum atomic E-state index is 0. The molecule has 2 rings (SSSR count). The molecule has 0 aliphatic rings. The predicted molar refractivity (Wildman–Crippen MR) is 114 cm³/mol. The summed E-state index contributed by atoms with van der Waals surface area (Å²) >= 11 is 6.22. The first kappa shape index (κ1) is 22.8. The van der Waals surface area contributed by atoms with Gasteiger partial charge >= 0.3 is 0 Å². The predicted octanol–water partition coefficient (Wildman–Crippen LogP) is 6.65. The van der Waals surface area contributed by atoms with E-state index in [0.29, 0.717) is 6.61 Å². The molecular weight excluding hydrogens is 365 g/mol. The molecule has 0 spiro atoms. The van der Waals surface area contributed by atoms with Crippen LogP contribution >= 0.6 is 24.0 Å². The fourth-order valence-corrected chi connectivity index (χ4v) is 3.47. The van der Waals surface area contributed by atoms with E-state index in [0.717, 1.165) is 34.9 Å². The smallest absolute Gasteiger partial charge is 0.124 e. The highest BCUT2D eigenvalue weighted by Crippen LogP contribution is 2.28. The van der Waals surface area contributed by atoms with Gasteiger partial charge in [-0.15, -0.1) is 12.4 Å². The summed E-state index contributed by atoms with van der Waals surface area (Å²) < 4.78 is 6.05. The largest absolute Gasteiger partial charge is 0.489 e. The van der Waals surface area contributed by atoms with Crippen LogP contribution in [0.3, 0.4) is 0 Å². The summed E-state index contributed by atoms with van der Waals surface area (Å²) in [6.07, 6.45) is 1.10. The molecule has 0 unspecified atom stereocenters. The maximum Gasteiger partial charge on any atom is 0.124 e. The maximum atomic E-state index is 6.22. The Hall–Kier alpha value is -1.22. The molecular formula is C22H31Cl2NO. The Labute approximate surface area is 169 Å². The normalized spacial score (nSPS) is 11.8. The first-order valence-corrected chi connectivity index (χ1v) is 9.23. The Bertz CT molecular complexity index is 693. The average Bonchev–Trinajstić information content (AvgIpc) is 2.51. The third-order valence-corrected chi connectivity index (χ3v) is 4.41. The Morgan fingerprint density at radius 1 is 0.885 bits per heavy atom. The summed E-state index contributed by atoms with van der Waals surface area (Å²) in [7, 11) is 0. The molecule has 0 atom stereocenters. The van der Waals surface area contributed by atoms with Gasteiger partial charge in [0.05, 0.1) is 0 Å². The summed E-state index contributed by atoms with van der Waals surface area (Å²) in [5, 5.41) is 4.42. The first-order valence-electron chi connectivity index (χ1n) is 8.85. The summed E-state index contributed by atoms with van der Waals surface area (Å²) in [5.41, 5.74) is 2.52. The maximum absolute atomic E-state index is 6.22. The molecule has 0 aliphatic heterocycles. The third-order valence-electron chi connectivity index (χ3n) is 4.04. The van der Waals surface area contributed by atoms with Crippen molar-refractivity contribution in [2.45, 2.75) is 59.7 Å². The molecule has 0 saturated heterocycles. The fourth-order valence-electron chi connectivity index (χ4n) is 3.28. The summed E-state index contributed by atoms with van der Waals surface area (Å²) in [4.78, 5) is 0. The van der Waals surface area contributed by atoms with Gasteiger partial charge in [-0.3, -0.25) is 0 Å². The molecule has 0 radical (unpaired) electrons. The van der Waals surface area contributed by atoms with Crippen LogP contribution in [-0.2, 0) is 13.2 Å². The van der Waals surface area contributed by atoms with Gasteiger partial charge in [0, 0.05) is 28.2 Å². The van der Waals surface area contributed by atoms with Gasteiger partial charge in [0.2, 0.25) is 0 Å². The molecule has 4 heteroatoms. The molecule has 1 N–H and O–H groups in total. The van der Waals surface area contributed by atoms with Crippen LogP contribution in [0.25, 0.3) is 0 Å². The number of benzene rings is 2. The quantitative estimate of drug-likeness (QED) is 0.566. The summed E-state index contributed by atoms with van der Waals surface area (Å²) in [5.74, 6) is 0.904. The van der Waals surface area contributed by atoms with Crippen molar-refractivity contribution in [3.63, 3.8) is 0 Å². The van der Waals surface area contributed by atoms with E-state index in [-0.39, 0.29) is 23.4 Å². The zero-order valence-electron chi connectivity index (χ0n) is 16.4. The van der Waals surface area contributed by atoms with Crippen LogP contribution in [0.4, 0.5) is 0 Å². The van der Waals surface area contributed by atoms with E-state index in [9.17, 15) is 0 Å². The minimum absolute atomic E-state index is 0. The second kappa shape index (κ2) is 9.64. The fraction of sp³-hybridized carbons (Fsp3) is 0.455. The number of para-hydroxylation sites is 1. The molecule has 0 fully saturated rings. The number of rotatable bonds is 7.